The van der Waals surface area contributed by atoms with E-state index in [1.807, 2.05) is 6.07 Å². The number of amides is 2. The normalized spacial score (nSPS) is 19.7. The predicted octanol–water partition coefficient (Wildman–Crippen LogP) is 0.947. The molecular weight excluding hydrogens is 312 g/mol. The third-order valence-electron chi connectivity index (χ3n) is 3.90. The SMILES string of the molecule is O=C(O)CC1(NC(=O)CCCNC(=O)c2ccccc2)CCOC1. The van der Waals surface area contributed by atoms with Crippen LogP contribution in [-0.2, 0) is 14.3 Å². The zero-order valence-corrected chi connectivity index (χ0v) is 13.4. The van der Waals surface area contributed by atoms with E-state index in [1.54, 1.807) is 24.3 Å². The van der Waals surface area contributed by atoms with Gasteiger partial charge in [-0.3, -0.25) is 14.4 Å². The maximum atomic E-state index is 12.0. The lowest BCUT2D eigenvalue weighted by molar-refractivity contribution is -0.139. The monoisotopic (exact) mass is 334 g/mol. The van der Waals surface area contributed by atoms with Gasteiger partial charge in [0.05, 0.1) is 18.6 Å². The average molecular weight is 334 g/mol. The topological polar surface area (TPSA) is 105 Å². The molecule has 1 atom stereocenters. The molecular formula is C17H22N2O5. The van der Waals surface area contributed by atoms with Crippen LogP contribution < -0.4 is 10.6 Å². The Morgan fingerprint density at radius 3 is 2.58 bits per heavy atom. The molecule has 0 saturated carbocycles. The van der Waals surface area contributed by atoms with Crippen LogP contribution >= 0.6 is 0 Å². The van der Waals surface area contributed by atoms with Crippen LogP contribution in [0.1, 0.15) is 36.0 Å². The smallest absolute Gasteiger partial charge is 0.305 e. The number of ether oxygens (including phenoxy) is 1. The van der Waals surface area contributed by atoms with Crippen molar-refractivity contribution in [3.8, 4) is 0 Å². The Morgan fingerprint density at radius 2 is 1.96 bits per heavy atom. The van der Waals surface area contributed by atoms with Gasteiger partial charge in [-0.15, -0.1) is 0 Å². The molecule has 24 heavy (non-hydrogen) atoms. The molecule has 1 heterocycles. The fraction of sp³-hybridized carbons (Fsp3) is 0.471. The summed E-state index contributed by atoms with van der Waals surface area (Å²) in [4.78, 5) is 34.8. The van der Waals surface area contributed by atoms with E-state index in [4.69, 9.17) is 9.84 Å². The highest BCUT2D eigenvalue weighted by molar-refractivity contribution is 5.94. The zero-order valence-electron chi connectivity index (χ0n) is 13.4. The number of carboxylic acid groups (broad SMARTS) is 1. The molecule has 130 valence electrons. The summed E-state index contributed by atoms with van der Waals surface area (Å²) in [6, 6.07) is 8.85. The number of hydrogen-bond acceptors (Lipinski definition) is 4. The van der Waals surface area contributed by atoms with E-state index in [0.29, 0.717) is 31.6 Å². The van der Waals surface area contributed by atoms with E-state index in [2.05, 4.69) is 10.6 Å². The second kappa shape index (κ2) is 8.44. The molecule has 1 aliphatic heterocycles. The number of benzene rings is 1. The second-order valence-electron chi connectivity index (χ2n) is 5.93. The minimum absolute atomic E-state index is 0.149. The van der Waals surface area contributed by atoms with E-state index in [0.717, 1.165) is 0 Å². The van der Waals surface area contributed by atoms with Gasteiger partial charge in [-0.05, 0) is 25.0 Å². The van der Waals surface area contributed by atoms with Gasteiger partial charge < -0.3 is 20.5 Å². The largest absolute Gasteiger partial charge is 0.481 e. The highest BCUT2D eigenvalue weighted by atomic mass is 16.5. The molecule has 3 N–H and O–H groups in total. The van der Waals surface area contributed by atoms with Gasteiger partial charge in [0.1, 0.15) is 0 Å². The average Bonchev–Trinajstić information content (AvgIpc) is 2.99. The number of hydrogen-bond donors (Lipinski definition) is 3. The molecule has 2 rings (SSSR count). The molecule has 0 aliphatic carbocycles. The number of aliphatic carboxylic acids is 1. The summed E-state index contributed by atoms with van der Waals surface area (Å²) in [5.74, 6) is -1.37. The number of carbonyl (C=O) groups is 3. The summed E-state index contributed by atoms with van der Waals surface area (Å²) in [5, 5.41) is 14.5. The molecule has 2 amide bonds. The van der Waals surface area contributed by atoms with Crippen molar-refractivity contribution in [2.75, 3.05) is 19.8 Å². The summed E-state index contributed by atoms with van der Waals surface area (Å²) < 4.78 is 5.23. The first-order valence-electron chi connectivity index (χ1n) is 7.95. The predicted molar refractivity (Wildman–Crippen MR) is 86.6 cm³/mol. The summed E-state index contributed by atoms with van der Waals surface area (Å²) >= 11 is 0. The Balaban J connectivity index is 1.71. The van der Waals surface area contributed by atoms with Crippen LogP contribution in [0.2, 0.25) is 0 Å². The summed E-state index contributed by atoms with van der Waals surface area (Å²) in [6.45, 7) is 1.04. The third-order valence-corrected chi connectivity index (χ3v) is 3.90. The first-order valence-corrected chi connectivity index (χ1v) is 7.95. The molecule has 7 nitrogen and oxygen atoms in total. The minimum atomic E-state index is -0.962. The number of nitrogens with one attached hydrogen (secondary N) is 2. The van der Waals surface area contributed by atoms with E-state index in [9.17, 15) is 14.4 Å². The van der Waals surface area contributed by atoms with Gasteiger partial charge in [-0.2, -0.15) is 0 Å². The maximum Gasteiger partial charge on any atom is 0.305 e. The highest BCUT2D eigenvalue weighted by Crippen LogP contribution is 2.22. The van der Waals surface area contributed by atoms with Crippen LogP contribution in [0.15, 0.2) is 30.3 Å². The van der Waals surface area contributed by atoms with Crippen LogP contribution in [-0.4, -0.2) is 48.2 Å². The van der Waals surface area contributed by atoms with Gasteiger partial charge in [0.25, 0.3) is 5.91 Å². The van der Waals surface area contributed by atoms with Gasteiger partial charge in [0.2, 0.25) is 5.91 Å². The van der Waals surface area contributed by atoms with E-state index >= 15 is 0 Å². The van der Waals surface area contributed by atoms with E-state index in [1.165, 1.54) is 0 Å². The quantitative estimate of drug-likeness (QED) is 0.614. The van der Waals surface area contributed by atoms with Crippen molar-refractivity contribution in [2.24, 2.45) is 0 Å². The van der Waals surface area contributed by atoms with E-state index < -0.39 is 11.5 Å². The Bertz CT molecular complexity index is 582. The second-order valence-corrected chi connectivity index (χ2v) is 5.93. The lowest BCUT2D eigenvalue weighted by Gasteiger charge is -2.27. The molecule has 1 fully saturated rings. The molecule has 1 aromatic carbocycles. The standard InChI is InChI=1S/C17H22N2O5/c20-14(19-17(11-15(21)22)8-10-24-12-17)7-4-9-18-16(23)13-5-2-1-3-6-13/h1-3,5-6H,4,7-12H2,(H,18,23)(H,19,20)(H,21,22). The lowest BCUT2D eigenvalue weighted by Crippen LogP contribution is -2.50. The van der Waals surface area contributed by atoms with Crippen LogP contribution in [0, 0.1) is 0 Å². The number of carbonyl (C=O) groups excluding carboxylic acids is 2. The van der Waals surface area contributed by atoms with Crippen molar-refractivity contribution < 1.29 is 24.2 Å². The Kier molecular flexibility index (Phi) is 6.31. The highest BCUT2D eigenvalue weighted by Gasteiger charge is 2.38. The van der Waals surface area contributed by atoms with Crippen molar-refractivity contribution in [2.45, 2.75) is 31.2 Å². The van der Waals surface area contributed by atoms with Crippen LogP contribution in [0.25, 0.3) is 0 Å². The molecule has 1 aliphatic rings. The lowest BCUT2D eigenvalue weighted by atomic mass is 9.94. The Hall–Kier alpha value is -2.41. The van der Waals surface area contributed by atoms with Crippen LogP contribution in [0.5, 0.6) is 0 Å². The molecule has 1 aromatic rings. The molecule has 0 spiro atoms. The molecule has 0 aromatic heterocycles. The van der Waals surface area contributed by atoms with Gasteiger partial charge >= 0.3 is 5.97 Å². The summed E-state index contributed by atoms with van der Waals surface area (Å²) in [5.41, 5.74) is -0.235. The van der Waals surface area contributed by atoms with Gasteiger partial charge in [0.15, 0.2) is 0 Å². The molecule has 1 unspecified atom stereocenters. The molecule has 0 radical (unpaired) electrons. The van der Waals surface area contributed by atoms with Gasteiger partial charge in [0, 0.05) is 25.1 Å². The van der Waals surface area contributed by atoms with Crippen LogP contribution in [0.4, 0.5) is 0 Å². The van der Waals surface area contributed by atoms with Crippen LogP contribution in [0.3, 0.4) is 0 Å². The number of rotatable bonds is 8. The third kappa shape index (κ3) is 5.34. The van der Waals surface area contributed by atoms with Crippen molar-refractivity contribution in [1.29, 1.82) is 0 Å². The number of carboxylic acids is 1. The molecule has 7 heteroatoms. The first kappa shape index (κ1) is 17.9. The fourth-order valence-corrected chi connectivity index (χ4v) is 2.68. The molecule has 1 saturated heterocycles. The van der Waals surface area contributed by atoms with Gasteiger partial charge in [-0.25, -0.2) is 0 Å². The summed E-state index contributed by atoms with van der Waals surface area (Å²) in [7, 11) is 0. The van der Waals surface area contributed by atoms with Crippen molar-refractivity contribution in [3.05, 3.63) is 35.9 Å². The zero-order chi connectivity index (χ0) is 17.4. The summed E-state index contributed by atoms with van der Waals surface area (Å²) in [6.07, 6.45) is 1.05. The van der Waals surface area contributed by atoms with Crippen molar-refractivity contribution in [1.82, 2.24) is 10.6 Å². The first-order chi connectivity index (χ1) is 11.5. The molecule has 0 bridgehead atoms. The maximum absolute atomic E-state index is 12.0. The Labute approximate surface area is 140 Å². The minimum Gasteiger partial charge on any atom is -0.481 e. The van der Waals surface area contributed by atoms with Crippen molar-refractivity contribution >= 4 is 17.8 Å². The van der Waals surface area contributed by atoms with E-state index in [-0.39, 0.29) is 31.3 Å². The van der Waals surface area contributed by atoms with Crippen molar-refractivity contribution in [3.63, 3.8) is 0 Å². The Morgan fingerprint density at radius 1 is 1.21 bits per heavy atom. The fourth-order valence-electron chi connectivity index (χ4n) is 2.68. The van der Waals surface area contributed by atoms with Gasteiger partial charge in [-0.1, -0.05) is 18.2 Å².